The van der Waals surface area contributed by atoms with Crippen molar-refractivity contribution in [3.8, 4) is 0 Å². The molecule has 16 heteroatoms. The number of amides is 4. The number of unbranched alkanes of at least 4 members (excludes halogenated alkanes) is 1. The van der Waals surface area contributed by atoms with Gasteiger partial charge >= 0.3 is 13.6 Å². The van der Waals surface area contributed by atoms with Gasteiger partial charge in [-0.1, -0.05) is 13.8 Å². The standard InChI is InChI=1S/C27H48N7O7PS/c1-4-17(5-2)41-21-14-18(13-19(32-26(28)29)24(21)31-16(3)35)42(38,39)40-12-7-6-11-30-23(36)10-8-9-22-25-20(15-43-22)33-27(37)34-25/h14,17,19-22,24-25H,4-13,15H2,1-3H3,(H,30,36)(H,31,35)(H,38,39)(H4,28,29,32)(H2,33,34,37)/t19-,20-,21+,22-,24+,25-/m0/s1. The highest BCUT2D eigenvalue weighted by atomic mass is 32.2. The Morgan fingerprint density at radius 1 is 1.23 bits per heavy atom. The number of hydrogen-bond acceptors (Lipinski definition) is 8. The van der Waals surface area contributed by atoms with E-state index in [1.165, 1.54) is 6.92 Å². The van der Waals surface area contributed by atoms with Crippen LogP contribution in [0.5, 0.6) is 0 Å². The molecule has 9 N–H and O–H groups in total. The lowest BCUT2D eigenvalue weighted by Crippen LogP contribution is -2.53. The van der Waals surface area contributed by atoms with Crippen molar-refractivity contribution in [3.63, 3.8) is 0 Å². The zero-order valence-corrected chi connectivity index (χ0v) is 27.0. The third-order valence-electron chi connectivity index (χ3n) is 7.84. The SMILES string of the molecule is CCC(CC)O[C@@H]1C=C(P(=O)(O)OCCCCNC(=O)CCC[C@@H]2SC[C@@H]3NC(=O)N[C@@H]32)C[C@H](N=C(N)N)[C@H]1NC(C)=O. The number of carbonyl (C=O) groups excluding carboxylic acids is 3. The molecule has 2 heterocycles. The van der Waals surface area contributed by atoms with E-state index in [-0.39, 0.29) is 60.3 Å². The van der Waals surface area contributed by atoms with E-state index >= 15 is 0 Å². The van der Waals surface area contributed by atoms with Crippen LogP contribution < -0.4 is 32.7 Å². The van der Waals surface area contributed by atoms with Gasteiger partial charge in [0.05, 0.1) is 43.0 Å². The van der Waals surface area contributed by atoms with Gasteiger partial charge in [-0.3, -0.25) is 14.2 Å². The molecule has 3 rings (SSSR count). The first kappa shape index (κ1) is 35.2. The van der Waals surface area contributed by atoms with Gasteiger partial charge < -0.3 is 46.9 Å². The molecule has 14 nitrogen and oxygen atoms in total. The first-order valence-electron chi connectivity index (χ1n) is 15.1. The second-order valence-corrected chi connectivity index (χ2v) is 14.3. The van der Waals surface area contributed by atoms with Crippen molar-refractivity contribution < 1.29 is 33.1 Å². The van der Waals surface area contributed by atoms with Crippen molar-refractivity contribution in [3.05, 3.63) is 11.4 Å². The predicted octanol–water partition coefficient (Wildman–Crippen LogP) is 1.43. The Morgan fingerprint density at radius 3 is 2.65 bits per heavy atom. The van der Waals surface area contributed by atoms with Crippen LogP contribution in [0.25, 0.3) is 0 Å². The fourth-order valence-electron chi connectivity index (χ4n) is 5.61. The van der Waals surface area contributed by atoms with Crippen LogP contribution in [0.3, 0.4) is 0 Å². The molecule has 244 valence electrons. The number of urea groups is 1. The van der Waals surface area contributed by atoms with Gasteiger partial charge in [-0.15, -0.1) is 0 Å². The summed E-state index contributed by atoms with van der Waals surface area (Å²) in [6.07, 6.45) is 5.19. The molecule has 1 unspecified atom stereocenters. The number of ether oxygens (including phenoxy) is 1. The summed E-state index contributed by atoms with van der Waals surface area (Å²) < 4.78 is 24.9. The molecule has 0 aromatic carbocycles. The Bertz CT molecular complexity index is 1090. The maximum absolute atomic E-state index is 13.3. The number of hydrogen-bond donors (Lipinski definition) is 7. The second kappa shape index (κ2) is 16.7. The highest BCUT2D eigenvalue weighted by Crippen LogP contribution is 2.55. The van der Waals surface area contributed by atoms with Crippen LogP contribution in [0.4, 0.5) is 4.79 Å². The number of carbonyl (C=O) groups is 3. The molecule has 0 aromatic heterocycles. The summed E-state index contributed by atoms with van der Waals surface area (Å²) in [6, 6.07) is -1.15. The Balaban J connectivity index is 1.44. The molecular weight excluding hydrogens is 597 g/mol. The maximum Gasteiger partial charge on any atom is 0.354 e. The molecule has 3 aliphatic rings. The van der Waals surface area contributed by atoms with Gasteiger partial charge in [-0.05, 0) is 44.6 Å². The smallest absolute Gasteiger partial charge is 0.354 e. The molecule has 4 amide bonds. The Hall–Kier alpha value is -2.32. The van der Waals surface area contributed by atoms with Crippen LogP contribution in [0.15, 0.2) is 16.4 Å². The largest absolute Gasteiger partial charge is 0.370 e. The van der Waals surface area contributed by atoms with Crippen LogP contribution in [0.1, 0.15) is 72.1 Å². The summed E-state index contributed by atoms with van der Waals surface area (Å²) in [6.45, 7) is 5.78. The molecule has 43 heavy (non-hydrogen) atoms. The lowest BCUT2D eigenvalue weighted by atomic mass is 9.93. The Kier molecular flexibility index (Phi) is 13.6. The highest BCUT2D eigenvalue weighted by molar-refractivity contribution is 8.00. The number of rotatable bonds is 17. The third-order valence-corrected chi connectivity index (χ3v) is 10.9. The summed E-state index contributed by atoms with van der Waals surface area (Å²) in [4.78, 5) is 50.8. The van der Waals surface area contributed by atoms with Gasteiger partial charge in [0, 0.05) is 42.6 Å². The maximum atomic E-state index is 13.3. The predicted molar refractivity (Wildman–Crippen MR) is 167 cm³/mol. The Morgan fingerprint density at radius 2 is 1.98 bits per heavy atom. The average molecular weight is 646 g/mol. The van der Waals surface area contributed by atoms with Gasteiger partial charge in [0.15, 0.2) is 5.96 Å². The molecule has 0 aromatic rings. The van der Waals surface area contributed by atoms with Crippen molar-refractivity contribution >= 4 is 43.2 Å². The summed E-state index contributed by atoms with van der Waals surface area (Å²) in [5.74, 6) is 0.344. The van der Waals surface area contributed by atoms with Crippen LogP contribution in [-0.2, 0) is 23.4 Å². The zero-order chi connectivity index (χ0) is 31.6. The number of guanidine groups is 1. The topological polar surface area (TPSA) is 219 Å². The van der Waals surface area contributed by atoms with Crippen molar-refractivity contribution in [1.29, 1.82) is 0 Å². The van der Waals surface area contributed by atoms with Gasteiger partial charge in [-0.2, -0.15) is 11.8 Å². The fourth-order valence-corrected chi connectivity index (χ4v) is 8.45. The Labute approximate surface area is 257 Å². The summed E-state index contributed by atoms with van der Waals surface area (Å²) in [7, 11) is -4.21. The van der Waals surface area contributed by atoms with Crippen LogP contribution >= 0.6 is 19.4 Å². The number of nitrogens with zero attached hydrogens (tertiary/aromatic N) is 1. The van der Waals surface area contributed by atoms with E-state index in [0.29, 0.717) is 31.1 Å². The second-order valence-electron chi connectivity index (χ2n) is 11.2. The quantitative estimate of drug-likeness (QED) is 0.0397. The van der Waals surface area contributed by atoms with E-state index in [4.69, 9.17) is 20.7 Å². The lowest BCUT2D eigenvalue weighted by molar-refractivity contribution is -0.122. The fraction of sp³-hybridized carbons (Fsp3) is 0.778. The minimum atomic E-state index is -4.21. The minimum absolute atomic E-state index is 0.0130. The van der Waals surface area contributed by atoms with Crippen molar-refractivity contribution in [2.45, 2.75) is 114 Å². The molecule has 7 atom stereocenters. The van der Waals surface area contributed by atoms with Gasteiger partial charge in [0.2, 0.25) is 11.8 Å². The van der Waals surface area contributed by atoms with E-state index in [9.17, 15) is 23.8 Å². The zero-order valence-electron chi connectivity index (χ0n) is 25.3. The molecular formula is C27H48N7O7PS. The summed E-state index contributed by atoms with van der Waals surface area (Å²) in [5.41, 5.74) is 11.3. The van der Waals surface area contributed by atoms with Crippen molar-refractivity contribution in [2.75, 3.05) is 18.9 Å². The number of nitrogens with two attached hydrogens (primary N) is 2. The molecule has 0 bridgehead atoms. The molecule has 2 aliphatic heterocycles. The van der Waals surface area contributed by atoms with E-state index < -0.39 is 25.8 Å². The number of thioether (sulfide) groups is 1. The minimum Gasteiger partial charge on any atom is -0.370 e. The highest BCUT2D eigenvalue weighted by Gasteiger charge is 2.43. The van der Waals surface area contributed by atoms with E-state index in [1.54, 1.807) is 6.08 Å². The van der Waals surface area contributed by atoms with Crippen LogP contribution in [-0.4, -0.2) is 89.2 Å². The number of aliphatic imine (C=N–C) groups is 1. The number of nitrogens with one attached hydrogen (secondary N) is 4. The van der Waals surface area contributed by atoms with E-state index in [2.05, 4.69) is 26.3 Å². The first-order valence-corrected chi connectivity index (χ1v) is 17.7. The monoisotopic (exact) mass is 645 g/mol. The van der Waals surface area contributed by atoms with Gasteiger partial charge in [0.1, 0.15) is 0 Å². The van der Waals surface area contributed by atoms with Crippen LogP contribution in [0, 0.1) is 0 Å². The molecule has 0 radical (unpaired) electrons. The normalized spacial score (nSPS) is 27.8. The molecule has 2 saturated heterocycles. The van der Waals surface area contributed by atoms with E-state index in [1.807, 2.05) is 25.6 Å². The molecule has 2 fully saturated rings. The van der Waals surface area contributed by atoms with Crippen LogP contribution in [0.2, 0.25) is 0 Å². The summed E-state index contributed by atoms with van der Waals surface area (Å²) >= 11 is 1.83. The molecule has 1 aliphatic carbocycles. The van der Waals surface area contributed by atoms with Gasteiger partial charge in [-0.25, -0.2) is 9.79 Å². The van der Waals surface area contributed by atoms with Crippen molar-refractivity contribution in [2.24, 2.45) is 16.5 Å². The summed E-state index contributed by atoms with van der Waals surface area (Å²) in [5, 5.41) is 12.0. The number of fused-ring (bicyclic) bond motifs is 1. The average Bonchev–Trinajstić information content (AvgIpc) is 3.49. The lowest BCUT2D eigenvalue weighted by Gasteiger charge is -2.37. The molecule has 0 saturated carbocycles. The molecule has 0 spiro atoms. The van der Waals surface area contributed by atoms with Gasteiger partial charge in [0.25, 0.3) is 0 Å². The van der Waals surface area contributed by atoms with E-state index in [0.717, 1.165) is 31.4 Å². The van der Waals surface area contributed by atoms with Crippen molar-refractivity contribution in [1.82, 2.24) is 21.3 Å². The third kappa shape index (κ3) is 10.7. The first-order chi connectivity index (χ1) is 20.4.